The summed E-state index contributed by atoms with van der Waals surface area (Å²) in [6, 6.07) is 23.9. The first kappa shape index (κ1) is 27.6. The molecule has 0 unspecified atom stereocenters. The van der Waals surface area contributed by atoms with E-state index in [0.717, 1.165) is 16.7 Å². The van der Waals surface area contributed by atoms with E-state index in [-0.39, 0.29) is 22.2 Å². The normalized spacial score (nSPS) is 10.9. The van der Waals surface area contributed by atoms with Crippen LogP contribution in [0.1, 0.15) is 21.5 Å². The van der Waals surface area contributed by atoms with Gasteiger partial charge in [-0.05, 0) is 59.2 Å². The third-order valence-corrected chi connectivity index (χ3v) is 6.04. The van der Waals surface area contributed by atoms with E-state index in [1.807, 2.05) is 36.4 Å². The second-order valence-corrected chi connectivity index (χ2v) is 8.89. The zero-order valence-electron chi connectivity index (χ0n) is 21.2. The van der Waals surface area contributed by atoms with Gasteiger partial charge >= 0.3 is 0 Å². The van der Waals surface area contributed by atoms with Gasteiger partial charge in [-0.1, -0.05) is 54.1 Å². The summed E-state index contributed by atoms with van der Waals surface area (Å²) in [6.45, 7) is 1.52. The highest BCUT2D eigenvalue weighted by Crippen LogP contribution is 2.39. The first-order valence-corrected chi connectivity index (χ1v) is 12.5. The molecular weight excluding hydrogens is 521 g/mol. The molecule has 200 valence electrons. The van der Waals surface area contributed by atoms with Gasteiger partial charge in [0.15, 0.2) is 11.5 Å². The molecule has 0 aliphatic rings. The number of ether oxygens (including phenoxy) is 2. The predicted molar refractivity (Wildman–Crippen MR) is 150 cm³/mol. The Hall–Kier alpha value is -4.40. The van der Waals surface area contributed by atoms with Crippen LogP contribution in [0.3, 0.4) is 0 Å². The Labute approximate surface area is 230 Å². The van der Waals surface area contributed by atoms with Crippen molar-refractivity contribution >= 4 is 23.7 Å². The number of phenols is 1. The summed E-state index contributed by atoms with van der Waals surface area (Å²) in [5.74, 6) is 0.237. The Balaban J connectivity index is 1.47. The fourth-order valence-electron chi connectivity index (χ4n) is 3.77. The van der Waals surface area contributed by atoms with Gasteiger partial charge in [-0.25, -0.2) is 9.82 Å². The maximum Gasteiger partial charge on any atom is 0.271 e. The van der Waals surface area contributed by atoms with E-state index >= 15 is 0 Å². The van der Waals surface area contributed by atoms with Gasteiger partial charge in [-0.3, -0.25) is 4.79 Å². The van der Waals surface area contributed by atoms with Crippen molar-refractivity contribution in [2.45, 2.75) is 6.54 Å². The summed E-state index contributed by atoms with van der Waals surface area (Å²) in [5.41, 5.74) is 6.09. The van der Waals surface area contributed by atoms with Gasteiger partial charge < -0.3 is 19.9 Å². The average Bonchev–Trinajstić information content (AvgIpc) is 2.95. The van der Waals surface area contributed by atoms with Crippen molar-refractivity contribution in [2.75, 3.05) is 20.3 Å². The van der Waals surface area contributed by atoms with Gasteiger partial charge in [0.1, 0.15) is 18.2 Å². The van der Waals surface area contributed by atoms with Crippen LogP contribution in [0.4, 0.5) is 4.39 Å². The Bertz CT molecular complexity index is 1450. The minimum atomic E-state index is -0.475. The molecule has 4 rings (SSSR count). The predicted octanol–water partition coefficient (Wildman–Crippen LogP) is 5.79. The molecule has 39 heavy (non-hydrogen) atoms. The molecule has 4 aromatic rings. The largest absolute Gasteiger partial charge is 0.506 e. The Kier molecular flexibility index (Phi) is 9.50. The van der Waals surface area contributed by atoms with E-state index in [0.29, 0.717) is 36.8 Å². The average molecular weight is 548 g/mol. The number of nitrogens with zero attached hydrogens (tertiary/aromatic N) is 1. The summed E-state index contributed by atoms with van der Waals surface area (Å²) in [7, 11) is 1.56. The summed E-state index contributed by atoms with van der Waals surface area (Å²) in [4.78, 5) is 12.4. The van der Waals surface area contributed by atoms with Crippen molar-refractivity contribution in [3.63, 3.8) is 0 Å². The molecule has 0 fully saturated rings. The quantitative estimate of drug-likeness (QED) is 0.125. The number of hydrogen-bond acceptors (Lipinski definition) is 6. The summed E-state index contributed by atoms with van der Waals surface area (Å²) in [6.07, 6.45) is 1.50. The van der Waals surface area contributed by atoms with Gasteiger partial charge in [0.05, 0.1) is 18.3 Å². The number of methoxy groups -OCH3 is 1. The number of halogens is 2. The Morgan fingerprint density at radius 1 is 1.05 bits per heavy atom. The molecule has 1 amide bonds. The fourth-order valence-corrected chi connectivity index (χ4v) is 3.95. The molecule has 0 aliphatic heterocycles. The van der Waals surface area contributed by atoms with Crippen molar-refractivity contribution in [1.29, 1.82) is 0 Å². The lowest BCUT2D eigenvalue weighted by molar-refractivity contribution is 0.0955. The van der Waals surface area contributed by atoms with Crippen molar-refractivity contribution in [2.24, 2.45) is 5.10 Å². The fraction of sp³-hybridized carbons (Fsp3) is 0.133. The zero-order chi connectivity index (χ0) is 27.6. The lowest BCUT2D eigenvalue weighted by atomic mass is 10.0. The number of benzene rings is 4. The van der Waals surface area contributed by atoms with Gasteiger partial charge in [0.25, 0.3) is 5.91 Å². The molecule has 0 aromatic heterocycles. The highest BCUT2D eigenvalue weighted by atomic mass is 35.5. The van der Waals surface area contributed by atoms with Crippen molar-refractivity contribution in [3.8, 4) is 28.4 Å². The maximum atomic E-state index is 13.1. The van der Waals surface area contributed by atoms with Crippen LogP contribution in [0.2, 0.25) is 5.02 Å². The number of hydrogen-bond donors (Lipinski definition) is 3. The van der Waals surface area contributed by atoms with E-state index in [4.69, 9.17) is 21.1 Å². The van der Waals surface area contributed by atoms with Crippen LogP contribution in [0.5, 0.6) is 17.2 Å². The highest BCUT2D eigenvalue weighted by molar-refractivity contribution is 6.32. The smallest absolute Gasteiger partial charge is 0.271 e. The van der Waals surface area contributed by atoms with E-state index in [9.17, 15) is 14.3 Å². The molecule has 0 radical (unpaired) electrons. The molecule has 0 saturated heterocycles. The number of rotatable bonds is 11. The van der Waals surface area contributed by atoms with E-state index in [1.54, 1.807) is 25.3 Å². The molecule has 9 heteroatoms. The number of hydrazone groups is 1. The highest BCUT2D eigenvalue weighted by Gasteiger charge is 2.15. The second kappa shape index (κ2) is 13.4. The van der Waals surface area contributed by atoms with Crippen LogP contribution >= 0.6 is 11.6 Å². The molecule has 0 bridgehead atoms. The lowest BCUT2D eigenvalue weighted by Gasteiger charge is -2.17. The molecule has 0 saturated carbocycles. The van der Waals surface area contributed by atoms with Crippen molar-refractivity contribution < 1.29 is 23.8 Å². The van der Waals surface area contributed by atoms with Gasteiger partial charge in [0.2, 0.25) is 0 Å². The number of amides is 1. The number of carbonyl (C=O) groups excluding carboxylic acids is 1. The third kappa shape index (κ3) is 7.56. The summed E-state index contributed by atoms with van der Waals surface area (Å²) < 4.78 is 24.9. The summed E-state index contributed by atoms with van der Waals surface area (Å²) >= 11 is 5.89. The SMILES string of the molecule is COc1cc(/C=N/NC(=O)c2ccc(O)c(Cl)c2)cc(-c2ccccc2)c1OCCNCc1ccc(F)cc1. The van der Waals surface area contributed by atoms with Crippen LogP contribution in [0.15, 0.2) is 90.0 Å². The number of carbonyl (C=O) groups is 1. The number of phenolic OH excluding ortho intramolecular Hbond substituents is 1. The van der Waals surface area contributed by atoms with Crippen molar-refractivity contribution in [3.05, 3.63) is 112 Å². The molecular formula is C30H27ClFN3O4. The molecule has 0 spiro atoms. The molecule has 0 heterocycles. The molecule has 0 atom stereocenters. The minimum Gasteiger partial charge on any atom is -0.506 e. The van der Waals surface area contributed by atoms with Gasteiger partial charge in [-0.2, -0.15) is 5.10 Å². The van der Waals surface area contributed by atoms with Crippen LogP contribution in [-0.2, 0) is 6.54 Å². The van der Waals surface area contributed by atoms with Crippen LogP contribution in [0.25, 0.3) is 11.1 Å². The standard InChI is InChI=1S/C30H27ClFN3O4/c1-38-28-16-21(19-34-35-30(37)23-9-12-27(36)26(31)17-23)15-25(22-5-3-2-4-6-22)29(28)39-14-13-33-18-20-7-10-24(32)11-8-20/h2-12,15-17,19,33,36H,13-14,18H2,1H3,(H,35,37)/b34-19+. The first-order chi connectivity index (χ1) is 18.9. The van der Waals surface area contributed by atoms with Crippen molar-refractivity contribution in [1.82, 2.24) is 10.7 Å². The maximum absolute atomic E-state index is 13.1. The summed E-state index contributed by atoms with van der Waals surface area (Å²) in [5, 5.41) is 17.0. The van der Waals surface area contributed by atoms with Crippen LogP contribution < -0.4 is 20.2 Å². The minimum absolute atomic E-state index is 0.0742. The first-order valence-electron chi connectivity index (χ1n) is 12.1. The molecule has 0 aliphatic carbocycles. The zero-order valence-corrected chi connectivity index (χ0v) is 21.9. The number of nitrogens with one attached hydrogen (secondary N) is 2. The lowest BCUT2D eigenvalue weighted by Crippen LogP contribution is -2.21. The van der Waals surface area contributed by atoms with Gasteiger partial charge in [0, 0.05) is 24.2 Å². The van der Waals surface area contributed by atoms with E-state index in [1.165, 1.54) is 36.5 Å². The Morgan fingerprint density at radius 3 is 2.54 bits per heavy atom. The Morgan fingerprint density at radius 2 is 1.82 bits per heavy atom. The van der Waals surface area contributed by atoms with Crippen LogP contribution in [-0.4, -0.2) is 37.5 Å². The van der Waals surface area contributed by atoms with Crippen LogP contribution in [0, 0.1) is 5.82 Å². The second-order valence-electron chi connectivity index (χ2n) is 8.48. The van der Waals surface area contributed by atoms with Gasteiger partial charge in [-0.15, -0.1) is 0 Å². The van der Waals surface area contributed by atoms with E-state index in [2.05, 4.69) is 15.8 Å². The molecule has 3 N–H and O–H groups in total. The molecule has 7 nitrogen and oxygen atoms in total. The molecule has 4 aromatic carbocycles. The third-order valence-electron chi connectivity index (χ3n) is 5.74. The monoisotopic (exact) mass is 547 g/mol. The van der Waals surface area contributed by atoms with E-state index < -0.39 is 5.91 Å². The topological polar surface area (TPSA) is 92.2 Å². The number of aromatic hydroxyl groups is 1.